The minimum absolute atomic E-state index is 0.0204. The molecule has 0 radical (unpaired) electrons. The summed E-state index contributed by atoms with van der Waals surface area (Å²) < 4.78 is 16.0. The van der Waals surface area contributed by atoms with E-state index in [0.29, 0.717) is 22.8 Å². The minimum Gasteiger partial charge on any atom is -0.493 e. The van der Waals surface area contributed by atoms with Crippen molar-refractivity contribution >= 4 is 5.91 Å². The first-order chi connectivity index (χ1) is 10.9. The maximum atomic E-state index is 13.1. The molecule has 1 aromatic carbocycles. The quantitative estimate of drug-likeness (QED) is 0.731. The smallest absolute Gasteiger partial charge is 0.254 e. The van der Waals surface area contributed by atoms with Crippen LogP contribution in [0.1, 0.15) is 50.9 Å². The SMILES string of the molecule is CCC(C)N(C(=O)c1cc(OC)c(OC)c(OC)c1)C(C)CC. The monoisotopic (exact) mass is 323 g/mol. The fourth-order valence-corrected chi connectivity index (χ4v) is 2.58. The second-order valence-corrected chi connectivity index (χ2v) is 5.64. The molecule has 0 saturated carbocycles. The second-order valence-electron chi connectivity index (χ2n) is 5.64. The predicted molar refractivity (Wildman–Crippen MR) is 91.8 cm³/mol. The van der Waals surface area contributed by atoms with Crippen molar-refractivity contribution in [1.29, 1.82) is 0 Å². The van der Waals surface area contributed by atoms with Crippen LogP contribution in [-0.2, 0) is 0 Å². The van der Waals surface area contributed by atoms with Gasteiger partial charge >= 0.3 is 0 Å². The maximum Gasteiger partial charge on any atom is 0.254 e. The van der Waals surface area contributed by atoms with Gasteiger partial charge in [0.05, 0.1) is 21.3 Å². The lowest BCUT2D eigenvalue weighted by atomic mass is 10.1. The summed E-state index contributed by atoms with van der Waals surface area (Å²) in [5.74, 6) is 1.45. The molecule has 2 unspecified atom stereocenters. The number of hydrogen-bond acceptors (Lipinski definition) is 4. The Hall–Kier alpha value is -1.91. The van der Waals surface area contributed by atoms with Crippen LogP contribution >= 0.6 is 0 Å². The fourth-order valence-electron chi connectivity index (χ4n) is 2.58. The average molecular weight is 323 g/mol. The molecule has 0 spiro atoms. The molecule has 0 aliphatic rings. The highest BCUT2D eigenvalue weighted by Gasteiger charge is 2.26. The number of carbonyl (C=O) groups excluding carboxylic acids is 1. The van der Waals surface area contributed by atoms with Crippen LogP contribution in [0.25, 0.3) is 0 Å². The van der Waals surface area contributed by atoms with Crippen LogP contribution in [0.15, 0.2) is 12.1 Å². The van der Waals surface area contributed by atoms with E-state index in [4.69, 9.17) is 14.2 Å². The number of rotatable bonds is 8. The Morgan fingerprint density at radius 2 is 1.39 bits per heavy atom. The molecule has 23 heavy (non-hydrogen) atoms. The topological polar surface area (TPSA) is 48.0 Å². The molecule has 1 amide bonds. The van der Waals surface area contributed by atoms with Crippen molar-refractivity contribution in [2.24, 2.45) is 0 Å². The van der Waals surface area contributed by atoms with Crippen LogP contribution in [-0.4, -0.2) is 44.2 Å². The van der Waals surface area contributed by atoms with Gasteiger partial charge in [0.15, 0.2) is 11.5 Å². The van der Waals surface area contributed by atoms with Gasteiger partial charge in [-0.05, 0) is 38.8 Å². The van der Waals surface area contributed by atoms with Gasteiger partial charge in [0.2, 0.25) is 5.75 Å². The lowest BCUT2D eigenvalue weighted by Gasteiger charge is -2.34. The second kappa shape index (κ2) is 8.65. The van der Waals surface area contributed by atoms with Crippen molar-refractivity contribution < 1.29 is 19.0 Å². The number of carbonyl (C=O) groups is 1. The third kappa shape index (κ3) is 4.09. The molecule has 0 saturated heterocycles. The first-order valence-corrected chi connectivity index (χ1v) is 8.07. The molecule has 0 fully saturated rings. The molecule has 0 aliphatic carbocycles. The summed E-state index contributed by atoms with van der Waals surface area (Å²) in [5.41, 5.74) is 0.542. The van der Waals surface area contributed by atoms with E-state index in [9.17, 15) is 4.79 Å². The van der Waals surface area contributed by atoms with Crippen molar-refractivity contribution in [1.82, 2.24) is 4.90 Å². The Kier molecular flexibility index (Phi) is 7.20. The van der Waals surface area contributed by atoms with E-state index in [0.717, 1.165) is 12.8 Å². The Morgan fingerprint density at radius 1 is 0.957 bits per heavy atom. The molecule has 0 aromatic heterocycles. The highest BCUT2D eigenvalue weighted by atomic mass is 16.5. The number of nitrogens with zero attached hydrogens (tertiary/aromatic N) is 1. The Bertz CT molecular complexity index is 495. The molecule has 5 nitrogen and oxygen atoms in total. The van der Waals surface area contributed by atoms with E-state index in [1.54, 1.807) is 33.5 Å². The van der Waals surface area contributed by atoms with Crippen LogP contribution in [0.4, 0.5) is 0 Å². The van der Waals surface area contributed by atoms with Crippen molar-refractivity contribution in [2.45, 2.75) is 52.6 Å². The zero-order valence-electron chi connectivity index (χ0n) is 15.3. The van der Waals surface area contributed by atoms with Gasteiger partial charge in [0.25, 0.3) is 5.91 Å². The molecule has 2 atom stereocenters. The number of benzene rings is 1. The van der Waals surface area contributed by atoms with E-state index < -0.39 is 0 Å². The van der Waals surface area contributed by atoms with Gasteiger partial charge in [0, 0.05) is 17.6 Å². The Morgan fingerprint density at radius 3 is 1.70 bits per heavy atom. The molecular weight excluding hydrogens is 294 g/mol. The molecule has 1 rings (SSSR count). The first kappa shape index (κ1) is 19.1. The van der Waals surface area contributed by atoms with Crippen molar-refractivity contribution in [2.75, 3.05) is 21.3 Å². The summed E-state index contributed by atoms with van der Waals surface area (Å²) in [4.78, 5) is 15.0. The van der Waals surface area contributed by atoms with Crippen molar-refractivity contribution in [3.05, 3.63) is 17.7 Å². The maximum absolute atomic E-state index is 13.1. The van der Waals surface area contributed by atoms with E-state index >= 15 is 0 Å². The van der Waals surface area contributed by atoms with Crippen molar-refractivity contribution in [3.8, 4) is 17.2 Å². The highest BCUT2D eigenvalue weighted by molar-refractivity contribution is 5.96. The summed E-state index contributed by atoms with van der Waals surface area (Å²) >= 11 is 0. The molecule has 0 aliphatic heterocycles. The van der Waals surface area contributed by atoms with Crippen LogP contribution in [0.2, 0.25) is 0 Å². The molecule has 5 heteroatoms. The Balaban J connectivity index is 3.34. The van der Waals surface area contributed by atoms with Gasteiger partial charge in [-0.25, -0.2) is 0 Å². The summed E-state index contributed by atoms with van der Waals surface area (Å²) in [5, 5.41) is 0. The lowest BCUT2D eigenvalue weighted by molar-refractivity contribution is 0.0597. The number of hydrogen-bond donors (Lipinski definition) is 0. The number of amides is 1. The fraction of sp³-hybridized carbons (Fsp3) is 0.611. The van der Waals surface area contributed by atoms with Crippen LogP contribution in [0.3, 0.4) is 0 Å². The van der Waals surface area contributed by atoms with Gasteiger partial charge < -0.3 is 19.1 Å². The van der Waals surface area contributed by atoms with E-state index in [1.165, 1.54) is 0 Å². The van der Waals surface area contributed by atoms with Gasteiger partial charge in [-0.3, -0.25) is 4.79 Å². The highest BCUT2D eigenvalue weighted by Crippen LogP contribution is 2.38. The largest absolute Gasteiger partial charge is 0.493 e. The number of ether oxygens (including phenoxy) is 3. The van der Waals surface area contributed by atoms with E-state index in [2.05, 4.69) is 27.7 Å². The van der Waals surface area contributed by atoms with Crippen molar-refractivity contribution in [3.63, 3.8) is 0 Å². The van der Waals surface area contributed by atoms with Crippen LogP contribution < -0.4 is 14.2 Å². The van der Waals surface area contributed by atoms with E-state index in [1.807, 2.05) is 4.90 Å². The molecule has 0 heterocycles. The van der Waals surface area contributed by atoms with Gasteiger partial charge in [-0.1, -0.05) is 13.8 Å². The minimum atomic E-state index is -0.0204. The van der Waals surface area contributed by atoms with Gasteiger partial charge in [-0.2, -0.15) is 0 Å². The average Bonchev–Trinajstić information content (AvgIpc) is 2.59. The first-order valence-electron chi connectivity index (χ1n) is 8.07. The van der Waals surface area contributed by atoms with Gasteiger partial charge in [0.1, 0.15) is 0 Å². The molecule has 1 aromatic rings. The summed E-state index contributed by atoms with van der Waals surface area (Å²) in [6.45, 7) is 8.31. The predicted octanol–water partition coefficient (Wildman–Crippen LogP) is 3.75. The Labute approximate surface area is 139 Å². The van der Waals surface area contributed by atoms with Crippen LogP contribution in [0, 0.1) is 0 Å². The molecular formula is C18H29NO4. The summed E-state index contributed by atoms with van der Waals surface area (Å²) in [7, 11) is 4.64. The standard InChI is InChI=1S/C18H29NO4/c1-8-12(3)19(13(4)9-2)18(20)14-10-15(21-5)17(23-7)16(11-14)22-6/h10-13H,8-9H2,1-7H3. The lowest BCUT2D eigenvalue weighted by Crippen LogP contribution is -2.44. The third-order valence-corrected chi connectivity index (χ3v) is 4.28. The zero-order valence-corrected chi connectivity index (χ0v) is 15.3. The number of methoxy groups -OCH3 is 3. The normalized spacial score (nSPS) is 13.2. The van der Waals surface area contributed by atoms with E-state index in [-0.39, 0.29) is 18.0 Å². The third-order valence-electron chi connectivity index (χ3n) is 4.28. The summed E-state index contributed by atoms with van der Waals surface area (Å²) in [6, 6.07) is 3.75. The summed E-state index contributed by atoms with van der Waals surface area (Å²) in [6.07, 6.45) is 1.81. The zero-order chi connectivity index (χ0) is 17.6. The molecule has 130 valence electrons. The molecule has 0 N–H and O–H groups in total. The van der Waals surface area contributed by atoms with Crippen LogP contribution in [0.5, 0.6) is 17.2 Å². The van der Waals surface area contributed by atoms with Gasteiger partial charge in [-0.15, -0.1) is 0 Å². The molecule has 0 bridgehead atoms.